The van der Waals surface area contributed by atoms with E-state index >= 15 is 0 Å². The number of aromatic nitrogens is 2. The van der Waals surface area contributed by atoms with E-state index in [2.05, 4.69) is 10.4 Å². The van der Waals surface area contributed by atoms with Crippen molar-refractivity contribution in [2.45, 2.75) is 25.9 Å². The van der Waals surface area contributed by atoms with E-state index in [1.165, 1.54) is 0 Å². The monoisotopic (exact) mass is 209 g/mol. The quantitative estimate of drug-likeness (QED) is 0.785. The molecule has 2 rings (SSSR count). The Hall–Kier alpha value is -1.36. The number of aryl methyl sites for hydroxylation is 2. The van der Waals surface area contributed by atoms with Crippen molar-refractivity contribution in [3.63, 3.8) is 0 Å². The van der Waals surface area contributed by atoms with Crippen molar-refractivity contribution in [1.29, 1.82) is 0 Å². The van der Waals surface area contributed by atoms with Gasteiger partial charge in [0, 0.05) is 19.7 Å². The van der Waals surface area contributed by atoms with E-state index in [1.807, 2.05) is 13.0 Å². The minimum absolute atomic E-state index is 0.0736. The molecule has 1 aliphatic rings. The molecule has 5 heteroatoms. The van der Waals surface area contributed by atoms with Gasteiger partial charge in [0.05, 0.1) is 5.69 Å². The molecule has 1 N–H and O–H groups in total. The van der Waals surface area contributed by atoms with E-state index in [-0.39, 0.29) is 12.0 Å². The van der Waals surface area contributed by atoms with Crippen LogP contribution in [0.4, 0.5) is 5.82 Å². The SMILES string of the molecule is Cc1cc(NC(=O)C2CCCO2)n(C)n1. The Kier molecular flexibility index (Phi) is 2.73. The van der Waals surface area contributed by atoms with Gasteiger partial charge in [0.1, 0.15) is 11.9 Å². The highest BCUT2D eigenvalue weighted by Gasteiger charge is 2.24. The lowest BCUT2D eigenvalue weighted by Crippen LogP contribution is -2.27. The molecule has 1 aliphatic heterocycles. The van der Waals surface area contributed by atoms with Gasteiger partial charge in [-0.2, -0.15) is 5.10 Å². The lowest BCUT2D eigenvalue weighted by molar-refractivity contribution is -0.124. The molecule has 5 nitrogen and oxygen atoms in total. The van der Waals surface area contributed by atoms with Gasteiger partial charge in [-0.15, -0.1) is 0 Å². The number of rotatable bonds is 2. The lowest BCUT2D eigenvalue weighted by Gasteiger charge is -2.09. The van der Waals surface area contributed by atoms with Crippen molar-refractivity contribution in [2.24, 2.45) is 7.05 Å². The molecular formula is C10H15N3O2. The Morgan fingerprint density at radius 3 is 3.07 bits per heavy atom. The number of hydrogen-bond acceptors (Lipinski definition) is 3. The molecular weight excluding hydrogens is 194 g/mol. The van der Waals surface area contributed by atoms with Crippen LogP contribution in [0.2, 0.25) is 0 Å². The van der Waals surface area contributed by atoms with Crippen LogP contribution in [0.1, 0.15) is 18.5 Å². The number of ether oxygens (including phenoxy) is 1. The van der Waals surface area contributed by atoms with E-state index in [9.17, 15) is 4.79 Å². The Morgan fingerprint density at radius 2 is 2.53 bits per heavy atom. The molecule has 1 atom stereocenters. The number of carbonyl (C=O) groups excluding carboxylic acids is 1. The van der Waals surface area contributed by atoms with Crippen LogP contribution in [0.25, 0.3) is 0 Å². The zero-order valence-corrected chi connectivity index (χ0v) is 8.99. The Bertz CT molecular complexity index is 367. The molecule has 1 unspecified atom stereocenters. The molecule has 0 radical (unpaired) electrons. The average Bonchev–Trinajstić information content (AvgIpc) is 2.76. The molecule has 0 aliphatic carbocycles. The molecule has 1 saturated heterocycles. The molecule has 0 spiro atoms. The summed E-state index contributed by atoms with van der Waals surface area (Å²) < 4.78 is 6.95. The van der Waals surface area contributed by atoms with Crippen molar-refractivity contribution < 1.29 is 9.53 Å². The molecule has 1 aromatic rings. The number of amides is 1. The zero-order chi connectivity index (χ0) is 10.8. The van der Waals surface area contributed by atoms with Crippen molar-refractivity contribution in [1.82, 2.24) is 9.78 Å². The fourth-order valence-electron chi connectivity index (χ4n) is 1.72. The Morgan fingerprint density at radius 1 is 1.73 bits per heavy atom. The maximum Gasteiger partial charge on any atom is 0.254 e. The van der Waals surface area contributed by atoms with Gasteiger partial charge in [-0.1, -0.05) is 0 Å². The van der Waals surface area contributed by atoms with Gasteiger partial charge in [0.25, 0.3) is 5.91 Å². The van der Waals surface area contributed by atoms with E-state index in [0.717, 1.165) is 18.5 Å². The summed E-state index contributed by atoms with van der Waals surface area (Å²) in [4.78, 5) is 11.7. The first kappa shape index (κ1) is 10.2. The van der Waals surface area contributed by atoms with Crippen LogP contribution >= 0.6 is 0 Å². The highest BCUT2D eigenvalue weighted by Crippen LogP contribution is 2.15. The smallest absolute Gasteiger partial charge is 0.254 e. The minimum Gasteiger partial charge on any atom is -0.368 e. The summed E-state index contributed by atoms with van der Waals surface area (Å²) in [5.41, 5.74) is 0.889. The van der Waals surface area contributed by atoms with Crippen LogP contribution in [-0.4, -0.2) is 28.4 Å². The molecule has 0 saturated carbocycles. The second kappa shape index (κ2) is 4.02. The number of carbonyl (C=O) groups is 1. The molecule has 82 valence electrons. The predicted molar refractivity (Wildman–Crippen MR) is 55.5 cm³/mol. The van der Waals surface area contributed by atoms with E-state index < -0.39 is 0 Å². The first-order valence-corrected chi connectivity index (χ1v) is 5.10. The summed E-state index contributed by atoms with van der Waals surface area (Å²) in [6.45, 7) is 2.57. The third kappa shape index (κ3) is 2.18. The van der Waals surface area contributed by atoms with Gasteiger partial charge in [0.15, 0.2) is 0 Å². The molecule has 1 fully saturated rings. The van der Waals surface area contributed by atoms with Crippen molar-refractivity contribution in [3.05, 3.63) is 11.8 Å². The van der Waals surface area contributed by atoms with Crippen molar-refractivity contribution in [3.8, 4) is 0 Å². The predicted octanol–water partition coefficient (Wildman–Crippen LogP) is 0.846. The topological polar surface area (TPSA) is 56.1 Å². The summed E-state index contributed by atoms with van der Waals surface area (Å²) in [5, 5.41) is 6.96. The van der Waals surface area contributed by atoms with Gasteiger partial charge >= 0.3 is 0 Å². The van der Waals surface area contributed by atoms with Gasteiger partial charge in [-0.3, -0.25) is 9.48 Å². The molecule has 1 aromatic heterocycles. The maximum atomic E-state index is 11.7. The molecule has 0 bridgehead atoms. The average molecular weight is 209 g/mol. The van der Waals surface area contributed by atoms with Gasteiger partial charge in [0.2, 0.25) is 0 Å². The normalized spacial score (nSPS) is 20.5. The van der Waals surface area contributed by atoms with Crippen LogP contribution in [-0.2, 0) is 16.6 Å². The van der Waals surface area contributed by atoms with Crippen molar-refractivity contribution in [2.75, 3.05) is 11.9 Å². The number of nitrogens with zero attached hydrogens (tertiary/aromatic N) is 2. The molecule has 15 heavy (non-hydrogen) atoms. The maximum absolute atomic E-state index is 11.7. The van der Waals surface area contributed by atoms with Gasteiger partial charge in [-0.25, -0.2) is 0 Å². The standard InChI is InChI=1S/C10H15N3O2/c1-7-6-9(13(2)12-7)11-10(14)8-4-3-5-15-8/h6,8H,3-5H2,1-2H3,(H,11,14). The van der Waals surface area contributed by atoms with Crippen molar-refractivity contribution >= 4 is 11.7 Å². The highest BCUT2D eigenvalue weighted by molar-refractivity contribution is 5.93. The summed E-state index contributed by atoms with van der Waals surface area (Å²) in [5.74, 6) is 0.642. The largest absolute Gasteiger partial charge is 0.368 e. The van der Waals surface area contributed by atoms with Crippen LogP contribution in [0.5, 0.6) is 0 Å². The third-order valence-electron chi connectivity index (χ3n) is 2.48. The molecule has 0 aromatic carbocycles. The molecule has 1 amide bonds. The summed E-state index contributed by atoms with van der Waals surface area (Å²) in [6.07, 6.45) is 1.48. The second-order valence-corrected chi connectivity index (χ2v) is 3.79. The summed E-state index contributed by atoms with van der Waals surface area (Å²) >= 11 is 0. The first-order chi connectivity index (χ1) is 7.16. The van der Waals surface area contributed by atoms with E-state index in [4.69, 9.17) is 4.74 Å². The summed E-state index contributed by atoms with van der Waals surface area (Å²) in [6, 6.07) is 1.84. The Balaban J connectivity index is 2.01. The fourth-order valence-corrected chi connectivity index (χ4v) is 1.72. The zero-order valence-electron chi connectivity index (χ0n) is 8.99. The summed E-state index contributed by atoms with van der Waals surface area (Å²) in [7, 11) is 1.80. The minimum atomic E-state index is -0.291. The van der Waals surface area contributed by atoms with Gasteiger partial charge in [-0.05, 0) is 19.8 Å². The number of anilines is 1. The Labute approximate surface area is 88.4 Å². The number of hydrogen-bond donors (Lipinski definition) is 1. The second-order valence-electron chi connectivity index (χ2n) is 3.79. The molecule has 2 heterocycles. The highest BCUT2D eigenvalue weighted by atomic mass is 16.5. The first-order valence-electron chi connectivity index (χ1n) is 5.10. The third-order valence-corrected chi connectivity index (χ3v) is 2.48. The van der Waals surface area contributed by atoms with Crippen LogP contribution in [0.15, 0.2) is 6.07 Å². The fraction of sp³-hybridized carbons (Fsp3) is 0.600. The van der Waals surface area contributed by atoms with Gasteiger partial charge < -0.3 is 10.1 Å². The number of nitrogens with one attached hydrogen (secondary N) is 1. The van der Waals surface area contributed by atoms with Crippen LogP contribution in [0.3, 0.4) is 0 Å². The van der Waals surface area contributed by atoms with Crippen LogP contribution in [0, 0.1) is 6.92 Å². The van der Waals surface area contributed by atoms with Crippen LogP contribution < -0.4 is 5.32 Å². The lowest BCUT2D eigenvalue weighted by atomic mass is 10.2. The van der Waals surface area contributed by atoms with E-state index in [1.54, 1.807) is 11.7 Å². The van der Waals surface area contributed by atoms with E-state index in [0.29, 0.717) is 12.4 Å².